The maximum atomic E-state index is 12.6. The van der Waals surface area contributed by atoms with Gasteiger partial charge >= 0.3 is 0 Å². The number of benzene rings is 2. The number of thioether (sulfide) groups is 1. The van der Waals surface area contributed by atoms with E-state index in [0.717, 1.165) is 17.7 Å². The van der Waals surface area contributed by atoms with Gasteiger partial charge in [-0.2, -0.15) is 0 Å². The number of rotatable bonds is 10. The molecular weight excluding hydrogens is 503 g/mol. The van der Waals surface area contributed by atoms with Crippen molar-refractivity contribution in [3.8, 4) is 11.4 Å². The minimum absolute atomic E-state index is 0.0101. The van der Waals surface area contributed by atoms with Crippen LogP contribution in [0.25, 0.3) is 5.69 Å². The zero-order valence-corrected chi connectivity index (χ0v) is 23.1. The molecule has 3 rings (SSSR count). The van der Waals surface area contributed by atoms with Crippen molar-refractivity contribution in [1.29, 1.82) is 0 Å². The molecule has 0 fully saturated rings. The molecule has 0 saturated carbocycles. The van der Waals surface area contributed by atoms with Gasteiger partial charge in [0.1, 0.15) is 5.75 Å². The van der Waals surface area contributed by atoms with Crippen LogP contribution in [-0.2, 0) is 17.1 Å². The van der Waals surface area contributed by atoms with Gasteiger partial charge in [0.2, 0.25) is 5.91 Å². The SMILES string of the molecule is COc1cccc(CSc2nnc(CNC(=O)CC(C)CC(C)(C)C)n2-c2ccc(Cl)cc2Cl)c1. The van der Waals surface area contributed by atoms with Gasteiger partial charge in [0.05, 0.1) is 24.4 Å². The Morgan fingerprint density at radius 2 is 1.94 bits per heavy atom. The van der Waals surface area contributed by atoms with Crippen LogP contribution in [0, 0.1) is 11.3 Å². The highest BCUT2D eigenvalue weighted by Gasteiger charge is 2.20. The van der Waals surface area contributed by atoms with E-state index in [2.05, 4.69) is 43.2 Å². The van der Waals surface area contributed by atoms with E-state index in [1.165, 1.54) is 11.8 Å². The topological polar surface area (TPSA) is 69.0 Å². The zero-order chi connectivity index (χ0) is 25.6. The first kappa shape index (κ1) is 27.4. The lowest BCUT2D eigenvalue weighted by molar-refractivity contribution is -0.122. The normalized spacial score (nSPS) is 12.4. The summed E-state index contributed by atoms with van der Waals surface area (Å²) in [6.45, 7) is 8.90. The standard InChI is InChI=1S/C26H32Cl2N4O2S/c1-17(14-26(2,3)4)11-24(33)29-15-23-30-31-25(32(23)22-10-9-19(27)13-21(22)28)35-16-18-7-6-8-20(12-18)34-5/h6-10,12-13,17H,11,14-16H2,1-5H3,(H,29,33). The largest absolute Gasteiger partial charge is 0.497 e. The fraction of sp³-hybridized carbons (Fsp3) is 0.423. The van der Waals surface area contributed by atoms with Crippen LogP contribution in [0.5, 0.6) is 5.75 Å². The van der Waals surface area contributed by atoms with Gasteiger partial charge < -0.3 is 10.1 Å². The number of methoxy groups -OCH3 is 1. The lowest BCUT2D eigenvalue weighted by Gasteiger charge is -2.22. The van der Waals surface area contributed by atoms with Crippen molar-refractivity contribution < 1.29 is 9.53 Å². The van der Waals surface area contributed by atoms with Crippen LogP contribution in [0.2, 0.25) is 10.0 Å². The molecule has 1 N–H and O–H groups in total. The summed E-state index contributed by atoms with van der Waals surface area (Å²) in [7, 11) is 1.65. The number of nitrogens with one attached hydrogen (secondary N) is 1. The third kappa shape index (κ3) is 8.16. The average Bonchev–Trinajstić information content (AvgIpc) is 3.17. The van der Waals surface area contributed by atoms with Crippen molar-refractivity contribution in [2.24, 2.45) is 11.3 Å². The van der Waals surface area contributed by atoms with Crippen molar-refractivity contribution in [2.75, 3.05) is 7.11 Å². The Kier molecular flexibility index (Phi) is 9.50. The summed E-state index contributed by atoms with van der Waals surface area (Å²) < 4.78 is 7.20. The van der Waals surface area contributed by atoms with Crippen LogP contribution < -0.4 is 10.1 Å². The van der Waals surface area contributed by atoms with E-state index < -0.39 is 0 Å². The van der Waals surface area contributed by atoms with Gasteiger partial charge in [0.15, 0.2) is 11.0 Å². The van der Waals surface area contributed by atoms with Crippen LogP contribution in [0.1, 0.15) is 51.9 Å². The molecule has 0 saturated heterocycles. The number of hydrogen-bond acceptors (Lipinski definition) is 5. The van der Waals surface area contributed by atoms with E-state index >= 15 is 0 Å². The van der Waals surface area contributed by atoms with Crippen molar-refractivity contribution in [3.63, 3.8) is 0 Å². The summed E-state index contributed by atoms with van der Waals surface area (Å²) in [4.78, 5) is 12.6. The second kappa shape index (κ2) is 12.2. The number of ether oxygens (including phenoxy) is 1. The highest BCUT2D eigenvalue weighted by atomic mass is 35.5. The number of aromatic nitrogens is 3. The Morgan fingerprint density at radius 1 is 1.17 bits per heavy atom. The first-order valence-corrected chi connectivity index (χ1v) is 13.2. The second-order valence-corrected chi connectivity index (χ2v) is 11.6. The predicted octanol–water partition coefficient (Wildman–Crippen LogP) is 6.95. The first-order valence-electron chi connectivity index (χ1n) is 11.5. The van der Waals surface area contributed by atoms with Crippen molar-refractivity contribution in [3.05, 3.63) is 63.9 Å². The summed E-state index contributed by atoms with van der Waals surface area (Å²) in [6, 6.07) is 13.2. The van der Waals surface area contributed by atoms with Gasteiger partial charge in [0.25, 0.3) is 0 Å². The zero-order valence-electron chi connectivity index (χ0n) is 20.8. The molecule has 9 heteroatoms. The van der Waals surface area contributed by atoms with E-state index in [1.807, 2.05) is 34.9 Å². The Morgan fingerprint density at radius 3 is 2.63 bits per heavy atom. The van der Waals surface area contributed by atoms with E-state index in [4.69, 9.17) is 27.9 Å². The van der Waals surface area contributed by atoms with Crippen LogP contribution >= 0.6 is 35.0 Å². The summed E-state index contributed by atoms with van der Waals surface area (Å²) in [5.74, 6) is 2.34. The summed E-state index contributed by atoms with van der Waals surface area (Å²) in [5.41, 5.74) is 1.98. The van der Waals surface area contributed by atoms with Crippen LogP contribution in [0.15, 0.2) is 47.6 Å². The molecule has 6 nitrogen and oxygen atoms in total. The Bertz CT molecular complexity index is 1160. The Labute approximate surface area is 221 Å². The summed E-state index contributed by atoms with van der Waals surface area (Å²) in [6.07, 6.45) is 1.44. The minimum atomic E-state index is -0.0101. The first-order chi connectivity index (χ1) is 16.6. The minimum Gasteiger partial charge on any atom is -0.497 e. The molecule has 1 unspecified atom stereocenters. The van der Waals surface area contributed by atoms with Gasteiger partial charge in [-0.3, -0.25) is 9.36 Å². The van der Waals surface area contributed by atoms with E-state index in [1.54, 1.807) is 19.2 Å². The molecule has 35 heavy (non-hydrogen) atoms. The maximum Gasteiger partial charge on any atom is 0.220 e. The van der Waals surface area contributed by atoms with E-state index in [0.29, 0.717) is 38.9 Å². The molecule has 2 aromatic carbocycles. The third-order valence-corrected chi connectivity index (χ3v) is 6.83. The lowest BCUT2D eigenvalue weighted by Crippen LogP contribution is -2.27. The molecule has 0 aliphatic heterocycles. The number of amides is 1. The second-order valence-electron chi connectivity index (χ2n) is 9.82. The molecule has 0 aliphatic rings. The summed E-state index contributed by atoms with van der Waals surface area (Å²) >= 11 is 14.2. The summed E-state index contributed by atoms with van der Waals surface area (Å²) in [5, 5.41) is 13.5. The number of carbonyl (C=O) groups is 1. The van der Waals surface area contributed by atoms with Crippen molar-refractivity contribution in [2.45, 2.75) is 58.0 Å². The number of halogens is 2. The molecule has 1 atom stereocenters. The molecule has 188 valence electrons. The van der Waals surface area contributed by atoms with E-state index in [-0.39, 0.29) is 23.8 Å². The quantitative estimate of drug-likeness (QED) is 0.285. The molecular formula is C26H32Cl2N4O2S. The monoisotopic (exact) mass is 534 g/mol. The molecule has 0 spiro atoms. The van der Waals surface area contributed by atoms with Crippen LogP contribution in [0.4, 0.5) is 0 Å². The number of hydrogen-bond donors (Lipinski definition) is 1. The number of carbonyl (C=O) groups excluding carboxylic acids is 1. The molecule has 1 heterocycles. The molecule has 3 aromatic rings. The van der Waals surface area contributed by atoms with Crippen LogP contribution in [-0.4, -0.2) is 27.8 Å². The molecule has 1 aromatic heterocycles. The van der Waals surface area contributed by atoms with Gasteiger partial charge in [-0.05, 0) is 53.6 Å². The fourth-order valence-electron chi connectivity index (χ4n) is 4.01. The van der Waals surface area contributed by atoms with Gasteiger partial charge in [-0.15, -0.1) is 10.2 Å². The molecule has 0 radical (unpaired) electrons. The highest BCUT2D eigenvalue weighted by Crippen LogP contribution is 2.31. The van der Waals surface area contributed by atoms with Crippen molar-refractivity contribution in [1.82, 2.24) is 20.1 Å². The molecule has 1 amide bonds. The average molecular weight is 536 g/mol. The maximum absolute atomic E-state index is 12.6. The van der Waals surface area contributed by atoms with Crippen LogP contribution in [0.3, 0.4) is 0 Å². The van der Waals surface area contributed by atoms with Gasteiger partial charge in [0, 0.05) is 17.2 Å². The Hall–Kier alpha value is -2.22. The number of nitrogens with zero attached hydrogens (tertiary/aromatic N) is 3. The molecule has 0 bridgehead atoms. The third-order valence-electron chi connectivity index (χ3n) is 5.29. The predicted molar refractivity (Wildman–Crippen MR) is 144 cm³/mol. The van der Waals surface area contributed by atoms with Crippen molar-refractivity contribution >= 4 is 40.9 Å². The smallest absolute Gasteiger partial charge is 0.220 e. The molecule has 0 aliphatic carbocycles. The Balaban J connectivity index is 1.79. The lowest BCUT2D eigenvalue weighted by atomic mass is 9.84. The fourth-order valence-corrected chi connectivity index (χ4v) is 5.41. The van der Waals surface area contributed by atoms with Gasteiger partial charge in [-0.25, -0.2) is 0 Å². The highest BCUT2D eigenvalue weighted by molar-refractivity contribution is 7.98. The van der Waals surface area contributed by atoms with Gasteiger partial charge in [-0.1, -0.05) is 74.8 Å². The van der Waals surface area contributed by atoms with E-state index in [9.17, 15) is 4.79 Å².